The Labute approximate surface area is 162 Å². The molecule has 144 valence electrons. The predicted molar refractivity (Wildman–Crippen MR) is 104 cm³/mol. The summed E-state index contributed by atoms with van der Waals surface area (Å²) in [5.41, 5.74) is 0.215. The zero-order valence-corrected chi connectivity index (χ0v) is 16.2. The third-order valence-corrected chi connectivity index (χ3v) is 5.91. The van der Waals surface area contributed by atoms with E-state index in [2.05, 4.69) is 0 Å². The Bertz CT molecular complexity index is 956. The normalized spacial score (nSPS) is 15.6. The fourth-order valence-electron chi connectivity index (χ4n) is 3.08. The minimum Gasteiger partial charge on any atom is -0.489 e. The maximum Gasteiger partial charge on any atom is 0.293 e. The summed E-state index contributed by atoms with van der Waals surface area (Å²) in [6, 6.07) is 11.3. The first-order chi connectivity index (χ1) is 12.8. The molecule has 7 nitrogen and oxygen atoms in total. The smallest absolute Gasteiger partial charge is 0.293 e. The second-order valence-electron chi connectivity index (χ2n) is 6.41. The molecule has 9 heteroatoms. The fraction of sp³-hybridized carbons (Fsp3) is 0.333. The molecular weight excluding hydrogens is 392 g/mol. The molecule has 1 saturated heterocycles. The van der Waals surface area contributed by atoms with Crippen LogP contribution in [0.2, 0.25) is 5.02 Å². The number of ether oxygens (including phenoxy) is 1. The van der Waals surface area contributed by atoms with Crippen LogP contribution in [0.1, 0.15) is 12.8 Å². The number of hydrogen-bond acceptors (Lipinski definition) is 6. The van der Waals surface area contributed by atoms with Gasteiger partial charge in [-0.2, -0.15) is 0 Å². The first kappa shape index (κ1) is 19.4. The molecular formula is C18H19ClN2O5S. The van der Waals surface area contributed by atoms with Crippen molar-refractivity contribution in [2.24, 2.45) is 0 Å². The number of piperidine rings is 1. The lowest BCUT2D eigenvalue weighted by Gasteiger charge is -2.33. The van der Waals surface area contributed by atoms with Crippen molar-refractivity contribution in [3.63, 3.8) is 0 Å². The van der Waals surface area contributed by atoms with E-state index in [0.29, 0.717) is 42.4 Å². The van der Waals surface area contributed by atoms with E-state index in [1.807, 2.05) is 23.1 Å². The lowest BCUT2D eigenvalue weighted by atomic mass is 10.1. The van der Waals surface area contributed by atoms with Gasteiger partial charge >= 0.3 is 0 Å². The van der Waals surface area contributed by atoms with Crippen molar-refractivity contribution in [1.82, 2.24) is 0 Å². The van der Waals surface area contributed by atoms with Crippen LogP contribution < -0.4 is 9.64 Å². The van der Waals surface area contributed by atoms with Crippen LogP contribution >= 0.6 is 11.6 Å². The van der Waals surface area contributed by atoms with Gasteiger partial charge in [0.15, 0.2) is 9.84 Å². The summed E-state index contributed by atoms with van der Waals surface area (Å²) in [6.07, 6.45) is 2.35. The molecule has 2 aromatic rings. The topological polar surface area (TPSA) is 89.8 Å². The lowest BCUT2D eigenvalue weighted by molar-refractivity contribution is -0.384. The van der Waals surface area contributed by atoms with Gasteiger partial charge in [-0.3, -0.25) is 10.1 Å². The number of nitro groups is 1. The lowest BCUT2D eigenvalue weighted by Crippen LogP contribution is -2.38. The average Bonchev–Trinajstić information content (AvgIpc) is 2.63. The molecule has 0 unspecified atom stereocenters. The molecule has 0 spiro atoms. The summed E-state index contributed by atoms with van der Waals surface area (Å²) in [5.74, 6) is 0.626. The van der Waals surface area contributed by atoms with E-state index < -0.39 is 14.8 Å². The maximum atomic E-state index is 11.7. The summed E-state index contributed by atoms with van der Waals surface area (Å²) >= 11 is 6.12. The standard InChI is InChI=1S/C18H19ClN2O5S/c1-27(24,25)14-6-7-16(17(12-14)21(22)23)20-10-8-13(9-11-20)26-18-5-3-2-4-15(18)19/h2-7,12-13H,8-11H2,1H3. The highest BCUT2D eigenvalue weighted by atomic mass is 35.5. The minimum absolute atomic E-state index is 0.0319. The molecule has 0 saturated carbocycles. The number of hydrogen-bond donors (Lipinski definition) is 0. The van der Waals surface area contributed by atoms with Gasteiger partial charge in [-0.15, -0.1) is 0 Å². The quantitative estimate of drug-likeness (QED) is 0.551. The molecule has 0 aromatic heterocycles. The average molecular weight is 411 g/mol. The molecule has 0 atom stereocenters. The van der Waals surface area contributed by atoms with Crippen LogP contribution in [-0.2, 0) is 9.84 Å². The van der Waals surface area contributed by atoms with Gasteiger partial charge in [-0.05, 0) is 24.3 Å². The molecule has 1 aliphatic heterocycles. The van der Waals surface area contributed by atoms with Crippen molar-refractivity contribution in [3.05, 3.63) is 57.6 Å². The van der Waals surface area contributed by atoms with Crippen LogP contribution in [0.4, 0.5) is 11.4 Å². The summed E-state index contributed by atoms with van der Waals surface area (Å²) < 4.78 is 29.3. The Morgan fingerprint density at radius 1 is 1.19 bits per heavy atom. The van der Waals surface area contributed by atoms with E-state index >= 15 is 0 Å². The van der Waals surface area contributed by atoms with E-state index in [-0.39, 0.29) is 16.7 Å². The Morgan fingerprint density at radius 2 is 1.85 bits per heavy atom. The molecule has 0 bridgehead atoms. The highest BCUT2D eigenvalue weighted by Gasteiger charge is 2.27. The third-order valence-electron chi connectivity index (χ3n) is 4.48. The van der Waals surface area contributed by atoms with Gasteiger partial charge in [0, 0.05) is 38.3 Å². The van der Waals surface area contributed by atoms with Gasteiger partial charge in [0.25, 0.3) is 5.69 Å². The molecule has 2 aromatic carbocycles. The minimum atomic E-state index is -3.51. The van der Waals surface area contributed by atoms with Crippen LogP contribution in [0.3, 0.4) is 0 Å². The highest BCUT2D eigenvalue weighted by Crippen LogP contribution is 2.34. The van der Waals surface area contributed by atoms with Gasteiger partial charge < -0.3 is 9.64 Å². The molecule has 1 fully saturated rings. The monoisotopic (exact) mass is 410 g/mol. The fourth-order valence-corrected chi connectivity index (χ4v) is 3.90. The van der Waals surface area contributed by atoms with Crippen molar-refractivity contribution >= 4 is 32.8 Å². The van der Waals surface area contributed by atoms with E-state index in [0.717, 1.165) is 12.3 Å². The highest BCUT2D eigenvalue weighted by molar-refractivity contribution is 7.90. The summed E-state index contributed by atoms with van der Waals surface area (Å²) in [5, 5.41) is 12.0. The van der Waals surface area contributed by atoms with Crippen LogP contribution in [0.15, 0.2) is 47.4 Å². The van der Waals surface area contributed by atoms with Crippen molar-refractivity contribution in [2.45, 2.75) is 23.8 Å². The number of anilines is 1. The van der Waals surface area contributed by atoms with E-state index in [9.17, 15) is 18.5 Å². The van der Waals surface area contributed by atoms with Gasteiger partial charge in [-0.25, -0.2) is 8.42 Å². The molecule has 3 rings (SSSR count). The zero-order valence-electron chi connectivity index (χ0n) is 14.7. The van der Waals surface area contributed by atoms with Crippen LogP contribution in [0.25, 0.3) is 0 Å². The number of nitrogens with zero attached hydrogens (tertiary/aromatic N) is 2. The van der Waals surface area contributed by atoms with Crippen LogP contribution in [0.5, 0.6) is 5.75 Å². The van der Waals surface area contributed by atoms with E-state index in [1.54, 1.807) is 6.07 Å². The first-order valence-corrected chi connectivity index (χ1v) is 10.7. The molecule has 0 N–H and O–H groups in total. The largest absolute Gasteiger partial charge is 0.489 e. The van der Waals surface area contributed by atoms with Crippen molar-refractivity contribution in [3.8, 4) is 5.75 Å². The van der Waals surface area contributed by atoms with Crippen molar-refractivity contribution in [1.29, 1.82) is 0 Å². The SMILES string of the molecule is CS(=O)(=O)c1ccc(N2CCC(Oc3ccccc3Cl)CC2)c([N+](=O)[O-])c1. The molecule has 0 radical (unpaired) electrons. The van der Waals surface area contributed by atoms with Gasteiger partial charge in [0.05, 0.1) is 14.8 Å². The Kier molecular flexibility index (Phi) is 5.57. The Balaban J connectivity index is 1.74. The van der Waals surface area contributed by atoms with Gasteiger partial charge in [0.2, 0.25) is 0 Å². The second kappa shape index (κ2) is 7.74. The number of rotatable bonds is 5. The van der Waals surface area contributed by atoms with Crippen LogP contribution in [-0.4, -0.2) is 38.8 Å². The number of nitro benzene ring substituents is 1. The summed E-state index contributed by atoms with van der Waals surface area (Å²) in [4.78, 5) is 12.7. The van der Waals surface area contributed by atoms with Crippen LogP contribution in [0, 0.1) is 10.1 Å². The van der Waals surface area contributed by atoms with Crippen molar-refractivity contribution < 1.29 is 18.1 Å². The Hall–Kier alpha value is -2.32. The van der Waals surface area contributed by atoms with Crippen molar-refractivity contribution in [2.75, 3.05) is 24.2 Å². The third kappa shape index (κ3) is 4.51. The number of benzene rings is 2. The van der Waals surface area contributed by atoms with E-state index in [4.69, 9.17) is 16.3 Å². The molecule has 27 heavy (non-hydrogen) atoms. The van der Waals surface area contributed by atoms with Gasteiger partial charge in [-0.1, -0.05) is 23.7 Å². The summed E-state index contributed by atoms with van der Waals surface area (Å²) in [7, 11) is -3.51. The number of sulfone groups is 1. The second-order valence-corrected chi connectivity index (χ2v) is 8.84. The van der Waals surface area contributed by atoms with Gasteiger partial charge in [0.1, 0.15) is 17.5 Å². The maximum absolute atomic E-state index is 11.7. The molecule has 1 heterocycles. The molecule has 0 aliphatic carbocycles. The zero-order chi connectivity index (χ0) is 19.6. The number of halogens is 1. The summed E-state index contributed by atoms with van der Waals surface area (Å²) in [6.45, 7) is 1.13. The molecule has 1 aliphatic rings. The predicted octanol–water partition coefficient (Wildman–Crippen LogP) is 3.70. The Morgan fingerprint density at radius 3 is 2.44 bits per heavy atom. The first-order valence-electron chi connectivity index (χ1n) is 8.40. The van der Waals surface area contributed by atoms with E-state index in [1.165, 1.54) is 12.1 Å². The molecule has 0 amide bonds. The number of para-hydroxylation sites is 1.